The smallest absolute Gasteiger partial charge is 0.406 e. The third-order valence-corrected chi connectivity index (χ3v) is 4.22. The Morgan fingerprint density at radius 1 is 1.19 bits per heavy atom. The lowest BCUT2D eigenvalue weighted by Crippen LogP contribution is -2.34. The lowest BCUT2D eigenvalue weighted by Gasteiger charge is -2.30. The normalized spacial score (nSPS) is 14.6. The molecule has 1 aliphatic rings. The quantitative estimate of drug-likeness (QED) is 0.900. The summed E-state index contributed by atoms with van der Waals surface area (Å²) < 4.78 is 40.8. The van der Waals surface area contributed by atoms with Crippen molar-refractivity contribution in [2.45, 2.75) is 19.3 Å². The minimum absolute atomic E-state index is 0.359. The first-order valence-corrected chi connectivity index (χ1v) is 7.99. The van der Waals surface area contributed by atoms with Gasteiger partial charge in [0, 0.05) is 13.1 Å². The molecule has 0 saturated carbocycles. The van der Waals surface area contributed by atoms with Crippen molar-refractivity contribution in [3.63, 3.8) is 0 Å². The Bertz CT molecular complexity index is 806. The van der Waals surface area contributed by atoms with Crippen LogP contribution in [0.5, 0.6) is 5.75 Å². The van der Waals surface area contributed by atoms with Crippen molar-refractivity contribution in [1.29, 1.82) is 0 Å². The maximum Gasteiger partial charge on any atom is 0.573 e. The summed E-state index contributed by atoms with van der Waals surface area (Å²) in [5.74, 6) is -0.359. The van der Waals surface area contributed by atoms with Crippen LogP contribution in [0.3, 0.4) is 0 Å². The summed E-state index contributed by atoms with van der Waals surface area (Å²) in [6, 6.07) is 9.97. The molecule has 0 atom stereocenters. The van der Waals surface area contributed by atoms with E-state index in [-0.39, 0.29) is 5.75 Å². The topological polar surface area (TPSA) is 58.8 Å². The van der Waals surface area contributed by atoms with Gasteiger partial charge >= 0.3 is 12.4 Å². The fourth-order valence-electron chi connectivity index (χ4n) is 3.12. The Labute approximate surface area is 148 Å². The molecule has 1 heterocycles. The summed E-state index contributed by atoms with van der Waals surface area (Å²) in [5, 5.41) is 0. The molecule has 8 heteroatoms. The second-order valence-corrected chi connectivity index (χ2v) is 6.12. The van der Waals surface area contributed by atoms with Gasteiger partial charge in [-0.25, -0.2) is 4.79 Å². The highest BCUT2D eigenvalue weighted by molar-refractivity contribution is 5.99. The molecule has 2 aromatic carbocycles. The Morgan fingerprint density at radius 2 is 1.88 bits per heavy atom. The van der Waals surface area contributed by atoms with Gasteiger partial charge in [-0.1, -0.05) is 12.1 Å². The number of hydrogen-bond donors (Lipinski definition) is 1. The van der Waals surface area contributed by atoms with Crippen LogP contribution < -0.4 is 15.4 Å². The first kappa shape index (κ1) is 18.1. The van der Waals surface area contributed by atoms with Crippen LogP contribution >= 0.6 is 0 Å². The van der Waals surface area contributed by atoms with Crippen molar-refractivity contribution in [3.05, 3.63) is 53.6 Å². The molecule has 0 unspecified atom stereocenters. The van der Waals surface area contributed by atoms with E-state index in [1.54, 1.807) is 6.07 Å². The van der Waals surface area contributed by atoms with Crippen molar-refractivity contribution >= 4 is 17.4 Å². The number of nitrogens with zero attached hydrogens (tertiary/aromatic N) is 2. The Hall–Kier alpha value is -2.74. The molecule has 0 saturated heterocycles. The van der Waals surface area contributed by atoms with E-state index in [0.717, 1.165) is 42.8 Å². The standard InChI is InChI=1S/C18H18F3N3O2/c1-23-10-9-15-12(11-23)3-2-4-16(15)24(17(22)25)13-5-7-14(8-6-13)26-18(19,20)21/h2-8H,9-11H2,1H3,(H2,22,25). The number of anilines is 2. The fraction of sp³-hybridized carbons (Fsp3) is 0.278. The number of urea groups is 1. The lowest BCUT2D eigenvalue weighted by molar-refractivity contribution is -0.274. The van der Waals surface area contributed by atoms with Crippen LogP contribution in [0.4, 0.5) is 29.3 Å². The molecular formula is C18H18F3N3O2. The molecule has 3 rings (SSSR count). The number of rotatable bonds is 3. The molecule has 0 fully saturated rings. The van der Waals surface area contributed by atoms with Gasteiger partial charge in [0.05, 0.1) is 11.4 Å². The lowest BCUT2D eigenvalue weighted by atomic mass is 9.97. The third-order valence-electron chi connectivity index (χ3n) is 4.22. The van der Waals surface area contributed by atoms with E-state index in [4.69, 9.17) is 5.73 Å². The van der Waals surface area contributed by atoms with Crippen LogP contribution in [0, 0.1) is 0 Å². The highest BCUT2D eigenvalue weighted by atomic mass is 19.4. The zero-order chi connectivity index (χ0) is 18.9. The predicted molar refractivity (Wildman–Crippen MR) is 91.3 cm³/mol. The molecule has 2 amide bonds. The van der Waals surface area contributed by atoms with Crippen molar-refractivity contribution in [1.82, 2.24) is 4.90 Å². The highest BCUT2D eigenvalue weighted by Crippen LogP contribution is 2.34. The zero-order valence-electron chi connectivity index (χ0n) is 14.1. The summed E-state index contributed by atoms with van der Waals surface area (Å²) in [7, 11) is 2.01. The van der Waals surface area contributed by atoms with Gasteiger partial charge in [0.2, 0.25) is 0 Å². The largest absolute Gasteiger partial charge is 0.573 e. The molecular weight excluding hydrogens is 347 g/mol. The Kier molecular flexibility index (Phi) is 4.78. The van der Waals surface area contributed by atoms with E-state index < -0.39 is 12.4 Å². The minimum atomic E-state index is -4.77. The van der Waals surface area contributed by atoms with Gasteiger partial charge in [-0.15, -0.1) is 13.2 Å². The summed E-state index contributed by atoms with van der Waals surface area (Å²) >= 11 is 0. The first-order valence-electron chi connectivity index (χ1n) is 7.99. The molecule has 1 aliphatic heterocycles. The van der Waals surface area contributed by atoms with E-state index in [2.05, 4.69) is 9.64 Å². The molecule has 0 bridgehead atoms. The van der Waals surface area contributed by atoms with Gasteiger partial charge in [0.15, 0.2) is 0 Å². The second kappa shape index (κ2) is 6.87. The van der Waals surface area contributed by atoms with Gasteiger partial charge in [-0.05, 0) is 54.9 Å². The minimum Gasteiger partial charge on any atom is -0.406 e. The molecule has 0 aromatic heterocycles. The first-order chi connectivity index (χ1) is 12.2. The van der Waals surface area contributed by atoms with Gasteiger partial charge in [0.25, 0.3) is 0 Å². The summed E-state index contributed by atoms with van der Waals surface area (Å²) in [6.45, 7) is 1.60. The van der Waals surface area contributed by atoms with Crippen LogP contribution in [-0.4, -0.2) is 30.9 Å². The maximum atomic E-state index is 12.3. The monoisotopic (exact) mass is 365 g/mol. The molecule has 26 heavy (non-hydrogen) atoms. The summed E-state index contributed by atoms with van der Waals surface area (Å²) in [4.78, 5) is 15.6. The number of fused-ring (bicyclic) bond motifs is 1. The number of carbonyl (C=O) groups excluding carboxylic acids is 1. The Balaban J connectivity index is 1.96. The van der Waals surface area contributed by atoms with Crippen molar-refractivity contribution in [3.8, 4) is 5.75 Å². The van der Waals surface area contributed by atoms with E-state index >= 15 is 0 Å². The number of alkyl halides is 3. The number of halogens is 3. The van der Waals surface area contributed by atoms with Crippen molar-refractivity contribution < 1.29 is 22.7 Å². The van der Waals surface area contributed by atoms with Crippen molar-refractivity contribution in [2.24, 2.45) is 5.73 Å². The number of ether oxygens (including phenoxy) is 1. The van der Waals surface area contributed by atoms with Gasteiger partial charge in [-0.2, -0.15) is 0 Å². The number of nitrogens with two attached hydrogens (primary N) is 1. The summed E-state index contributed by atoms with van der Waals surface area (Å²) in [5.41, 5.74) is 8.70. The Morgan fingerprint density at radius 3 is 2.50 bits per heavy atom. The van der Waals surface area contributed by atoms with E-state index in [9.17, 15) is 18.0 Å². The van der Waals surface area contributed by atoms with Crippen LogP contribution in [0.15, 0.2) is 42.5 Å². The number of benzene rings is 2. The number of primary amides is 1. The SMILES string of the molecule is CN1CCc2c(cccc2N(C(N)=O)c2ccc(OC(F)(F)F)cc2)C1. The number of carbonyl (C=O) groups is 1. The van der Waals surface area contributed by atoms with Crippen LogP contribution in [-0.2, 0) is 13.0 Å². The van der Waals surface area contributed by atoms with Gasteiger partial charge in [-0.3, -0.25) is 4.90 Å². The third kappa shape index (κ3) is 3.91. The predicted octanol–water partition coefficient (Wildman–Crippen LogP) is 3.79. The van der Waals surface area contributed by atoms with Gasteiger partial charge in [0.1, 0.15) is 5.75 Å². The van der Waals surface area contributed by atoms with E-state index in [0.29, 0.717) is 11.4 Å². The number of likely N-dealkylation sites (N-methyl/N-ethyl adjacent to an activating group) is 1. The molecule has 2 aromatic rings. The van der Waals surface area contributed by atoms with E-state index in [1.165, 1.54) is 17.0 Å². The molecule has 0 spiro atoms. The number of amides is 2. The fourth-order valence-corrected chi connectivity index (χ4v) is 3.12. The van der Waals surface area contributed by atoms with Crippen LogP contribution in [0.2, 0.25) is 0 Å². The molecule has 138 valence electrons. The summed E-state index contributed by atoms with van der Waals surface area (Å²) in [6.07, 6.45) is -4.02. The van der Waals surface area contributed by atoms with E-state index in [1.807, 2.05) is 19.2 Å². The van der Waals surface area contributed by atoms with Crippen LogP contribution in [0.1, 0.15) is 11.1 Å². The van der Waals surface area contributed by atoms with Crippen molar-refractivity contribution in [2.75, 3.05) is 18.5 Å². The highest BCUT2D eigenvalue weighted by Gasteiger charge is 2.31. The second-order valence-electron chi connectivity index (χ2n) is 6.12. The molecule has 2 N–H and O–H groups in total. The number of hydrogen-bond acceptors (Lipinski definition) is 3. The molecule has 0 radical (unpaired) electrons. The maximum absolute atomic E-state index is 12.3. The zero-order valence-corrected chi connectivity index (χ0v) is 14.1. The average molecular weight is 365 g/mol. The van der Waals surface area contributed by atoms with Gasteiger partial charge < -0.3 is 15.4 Å². The molecule has 5 nitrogen and oxygen atoms in total. The average Bonchev–Trinajstić information content (AvgIpc) is 2.55. The van der Waals surface area contributed by atoms with Crippen LogP contribution in [0.25, 0.3) is 0 Å². The molecule has 0 aliphatic carbocycles.